The fourth-order valence-electron chi connectivity index (χ4n) is 2.13. The van der Waals surface area contributed by atoms with Gasteiger partial charge in [0.15, 0.2) is 11.5 Å². The molecule has 20 heavy (non-hydrogen) atoms. The number of hydrogen-bond donors (Lipinski definition) is 0. The van der Waals surface area contributed by atoms with E-state index in [1.807, 2.05) is 6.07 Å². The highest BCUT2D eigenvalue weighted by atomic mass is 16.5. The molecule has 0 fully saturated rings. The number of nitriles is 1. The Morgan fingerprint density at radius 3 is 2.30 bits per heavy atom. The minimum Gasteiger partial charge on any atom is -0.493 e. The maximum absolute atomic E-state index is 12.0. The lowest BCUT2D eigenvalue weighted by atomic mass is 10.0. The molecule has 0 aliphatic carbocycles. The lowest BCUT2D eigenvalue weighted by molar-refractivity contribution is 0.327. The van der Waals surface area contributed by atoms with E-state index < -0.39 is 5.63 Å². The second kappa shape index (κ2) is 5.13. The van der Waals surface area contributed by atoms with Gasteiger partial charge in [0, 0.05) is 10.9 Å². The monoisotopic (exact) mass is 275 g/mol. The summed E-state index contributed by atoms with van der Waals surface area (Å²) in [6.45, 7) is 1.68. The Balaban J connectivity index is 3.09. The van der Waals surface area contributed by atoms with Gasteiger partial charge in [0.1, 0.15) is 6.07 Å². The van der Waals surface area contributed by atoms with E-state index in [1.165, 1.54) is 27.4 Å². The zero-order valence-corrected chi connectivity index (χ0v) is 11.6. The van der Waals surface area contributed by atoms with E-state index in [1.54, 1.807) is 6.92 Å². The van der Waals surface area contributed by atoms with Crippen molar-refractivity contribution < 1.29 is 18.6 Å². The molecule has 2 aromatic rings. The van der Waals surface area contributed by atoms with Crippen LogP contribution in [-0.4, -0.2) is 21.3 Å². The van der Waals surface area contributed by atoms with Crippen molar-refractivity contribution in [3.05, 3.63) is 27.8 Å². The van der Waals surface area contributed by atoms with Gasteiger partial charge in [-0.2, -0.15) is 5.26 Å². The maximum atomic E-state index is 12.0. The molecule has 0 atom stereocenters. The summed E-state index contributed by atoms with van der Waals surface area (Å²) >= 11 is 0. The normalized spacial score (nSPS) is 10.2. The first-order valence-corrected chi connectivity index (χ1v) is 5.75. The molecule has 0 amide bonds. The molecule has 0 bridgehead atoms. The number of aryl methyl sites for hydroxylation is 1. The van der Waals surface area contributed by atoms with Gasteiger partial charge in [-0.1, -0.05) is 0 Å². The first-order valence-electron chi connectivity index (χ1n) is 5.75. The van der Waals surface area contributed by atoms with Crippen LogP contribution in [0.1, 0.15) is 11.3 Å². The van der Waals surface area contributed by atoms with Crippen LogP contribution in [0.2, 0.25) is 0 Å². The Labute approximate surface area is 115 Å². The van der Waals surface area contributed by atoms with Gasteiger partial charge >= 0.3 is 5.63 Å². The summed E-state index contributed by atoms with van der Waals surface area (Å²) in [4.78, 5) is 12.0. The first kappa shape index (κ1) is 13.7. The summed E-state index contributed by atoms with van der Waals surface area (Å²) < 4.78 is 20.8. The van der Waals surface area contributed by atoms with E-state index in [-0.39, 0.29) is 11.1 Å². The fraction of sp³-hybridized carbons (Fsp3) is 0.286. The van der Waals surface area contributed by atoms with Crippen molar-refractivity contribution in [2.24, 2.45) is 0 Å². The molecule has 6 heteroatoms. The molecule has 0 spiro atoms. The number of ether oxygens (including phenoxy) is 3. The summed E-state index contributed by atoms with van der Waals surface area (Å²) in [5.41, 5.74) is -0.110. The molecule has 104 valence electrons. The largest absolute Gasteiger partial charge is 0.493 e. The molecule has 0 radical (unpaired) electrons. The van der Waals surface area contributed by atoms with Gasteiger partial charge in [-0.3, -0.25) is 0 Å². The minimum absolute atomic E-state index is 0.0481. The van der Waals surface area contributed by atoms with Crippen LogP contribution < -0.4 is 19.8 Å². The van der Waals surface area contributed by atoms with Gasteiger partial charge in [-0.05, 0) is 13.0 Å². The lowest BCUT2D eigenvalue weighted by Gasteiger charge is -2.15. The Morgan fingerprint density at radius 1 is 1.15 bits per heavy atom. The lowest BCUT2D eigenvalue weighted by Crippen LogP contribution is -2.06. The van der Waals surface area contributed by atoms with Gasteiger partial charge in [-0.25, -0.2) is 4.79 Å². The summed E-state index contributed by atoms with van der Waals surface area (Å²) in [6, 6.07) is 3.36. The Kier molecular flexibility index (Phi) is 3.53. The van der Waals surface area contributed by atoms with Crippen molar-refractivity contribution in [3.63, 3.8) is 0 Å². The highest BCUT2D eigenvalue weighted by molar-refractivity contribution is 5.95. The van der Waals surface area contributed by atoms with E-state index in [9.17, 15) is 4.79 Å². The highest BCUT2D eigenvalue weighted by Crippen LogP contribution is 2.43. The summed E-state index contributed by atoms with van der Waals surface area (Å²) in [6.07, 6.45) is 0. The van der Waals surface area contributed by atoms with Crippen LogP contribution in [0, 0.1) is 18.3 Å². The van der Waals surface area contributed by atoms with Crippen LogP contribution in [0.25, 0.3) is 10.8 Å². The number of hydrogen-bond acceptors (Lipinski definition) is 6. The molecule has 1 heterocycles. The fourth-order valence-corrected chi connectivity index (χ4v) is 2.13. The zero-order chi connectivity index (χ0) is 14.9. The van der Waals surface area contributed by atoms with Gasteiger partial charge in [-0.15, -0.1) is 0 Å². The highest BCUT2D eigenvalue weighted by Gasteiger charge is 2.21. The Bertz CT molecular complexity index is 770. The maximum Gasteiger partial charge on any atom is 0.345 e. The molecule has 0 saturated heterocycles. The standard InChI is InChI=1S/C14H13NO5/c1-7-10(6-15)20-14(16)8-5-9(17-2)12(18-3)13(19-4)11(7)8/h5H,1-4H3. The second-order valence-electron chi connectivity index (χ2n) is 4.02. The average Bonchev–Trinajstić information content (AvgIpc) is 2.48. The predicted octanol–water partition coefficient (Wildman–Crippen LogP) is 2.00. The Hall–Kier alpha value is -2.68. The van der Waals surface area contributed by atoms with Crippen LogP contribution in [0.3, 0.4) is 0 Å². The van der Waals surface area contributed by atoms with Gasteiger partial charge in [0.05, 0.1) is 26.7 Å². The molecule has 2 rings (SSSR count). The molecule has 1 aromatic heterocycles. The van der Waals surface area contributed by atoms with Gasteiger partial charge < -0.3 is 18.6 Å². The molecular formula is C14H13NO5. The topological polar surface area (TPSA) is 81.7 Å². The minimum atomic E-state index is -0.624. The molecule has 0 aliphatic rings. The Morgan fingerprint density at radius 2 is 1.80 bits per heavy atom. The van der Waals surface area contributed by atoms with Gasteiger partial charge in [0.2, 0.25) is 11.5 Å². The predicted molar refractivity (Wildman–Crippen MR) is 71.6 cm³/mol. The summed E-state index contributed by atoms with van der Waals surface area (Å²) in [5.74, 6) is 1.00. The summed E-state index contributed by atoms with van der Waals surface area (Å²) in [5, 5.41) is 9.77. The van der Waals surface area contributed by atoms with E-state index in [0.717, 1.165) is 0 Å². The van der Waals surface area contributed by atoms with Crippen LogP contribution >= 0.6 is 0 Å². The third-order valence-electron chi connectivity index (χ3n) is 3.06. The van der Waals surface area contributed by atoms with Crippen LogP contribution in [0.5, 0.6) is 17.2 Å². The smallest absolute Gasteiger partial charge is 0.345 e. The number of benzene rings is 1. The molecule has 6 nitrogen and oxygen atoms in total. The van der Waals surface area contributed by atoms with Crippen molar-refractivity contribution >= 4 is 10.8 Å². The molecule has 0 saturated carbocycles. The third-order valence-corrected chi connectivity index (χ3v) is 3.06. The van der Waals surface area contributed by atoms with Crippen molar-refractivity contribution in [1.29, 1.82) is 5.26 Å². The SMILES string of the molecule is COc1cc2c(=O)oc(C#N)c(C)c2c(OC)c1OC. The molecule has 0 unspecified atom stereocenters. The first-order chi connectivity index (χ1) is 9.58. The van der Waals surface area contributed by atoms with E-state index in [4.69, 9.17) is 23.9 Å². The molecule has 1 aromatic carbocycles. The van der Waals surface area contributed by atoms with E-state index in [0.29, 0.717) is 28.2 Å². The van der Waals surface area contributed by atoms with Gasteiger partial charge in [0.25, 0.3) is 0 Å². The number of rotatable bonds is 3. The van der Waals surface area contributed by atoms with Crippen molar-refractivity contribution in [1.82, 2.24) is 0 Å². The van der Waals surface area contributed by atoms with Crippen molar-refractivity contribution in [2.75, 3.05) is 21.3 Å². The van der Waals surface area contributed by atoms with Crippen LogP contribution in [0.15, 0.2) is 15.3 Å². The number of methoxy groups -OCH3 is 3. The second-order valence-corrected chi connectivity index (χ2v) is 4.02. The molecular weight excluding hydrogens is 262 g/mol. The zero-order valence-electron chi connectivity index (χ0n) is 11.6. The number of fused-ring (bicyclic) bond motifs is 1. The quantitative estimate of drug-likeness (QED) is 0.852. The third kappa shape index (κ3) is 1.84. The van der Waals surface area contributed by atoms with Crippen LogP contribution in [0.4, 0.5) is 0 Å². The molecule has 0 aliphatic heterocycles. The van der Waals surface area contributed by atoms with E-state index >= 15 is 0 Å². The number of nitrogens with zero attached hydrogens (tertiary/aromatic N) is 1. The summed E-state index contributed by atoms with van der Waals surface area (Å²) in [7, 11) is 4.39. The van der Waals surface area contributed by atoms with Crippen LogP contribution in [-0.2, 0) is 0 Å². The molecule has 0 N–H and O–H groups in total. The van der Waals surface area contributed by atoms with Crippen molar-refractivity contribution in [2.45, 2.75) is 6.92 Å². The average molecular weight is 275 g/mol. The van der Waals surface area contributed by atoms with Crippen molar-refractivity contribution in [3.8, 4) is 23.3 Å². The van der Waals surface area contributed by atoms with E-state index in [2.05, 4.69) is 0 Å².